The minimum Gasteiger partial charge on any atom is -0.456 e. The molecule has 0 bridgehead atoms. The molecule has 2 nitrogen and oxygen atoms in total. The van der Waals surface area contributed by atoms with Crippen molar-refractivity contribution in [1.82, 2.24) is 0 Å². The fourth-order valence-electron chi connectivity index (χ4n) is 2.24. The maximum atomic E-state index is 6.11. The van der Waals surface area contributed by atoms with Crippen molar-refractivity contribution in [3.63, 3.8) is 0 Å². The number of ether oxygens (including phenoxy) is 1. The predicted molar refractivity (Wildman–Crippen MR) is 92.3 cm³/mol. The smallest absolute Gasteiger partial charge is 0.137 e. The Morgan fingerprint density at radius 2 is 1.90 bits per heavy atom. The predicted octanol–water partition coefficient (Wildman–Crippen LogP) is 4.94. The number of thiocarbonyl (C=S) groups is 1. The summed E-state index contributed by atoms with van der Waals surface area (Å²) in [7, 11) is 0. The first-order valence-electron chi connectivity index (χ1n) is 7.20. The summed E-state index contributed by atoms with van der Waals surface area (Å²) < 4.78 is 6.11. The fourth-order valence-corrected chi connectivity index (χ4v) is 2.40. The molecule has 0 amide bonds. The quantitative estimate of drug-likeness (QED) is 0.795. The van der Waals surface area contributed by atoms with Gasteiger partial charge in [-0.3, -0.25) is 0 Å². The van der Waals surface area contributed by atoms with Crippen molar-refractivity contribution in [2.75, 3.05) is 0 Å². The lowest BCUT2D eigenvalue weighted by molar-refractivity contribution is 0.469. The summed E-state index contributed by atoms with van der Waals surface area (Å²) in [5.41, 5.74) is 8.91. The number of benzene rings is 2. The summed E-state index contributed by atoms with van der Waals surface area (Å²) in [6, 6.07) is 14.0. The lowest BCUT2D eigenvalue weighted by atomic mass is 9.98. The van der Waals surface area contributed by atoms with Gasteiger partial charge >= 0.3 is 0 Å². The van der Waals surface area contributed by atoms with Gasteiger partial charge in [-0.25, -0.2) is 0 Å². The van der Waals surface area contributed by atoms with Crippen LogP contribution in [0.15, 0.2) is 42.5 Å². The highest BCUT2D eigenvalue weighted by Gasteiger charge is 2.13. The number of nitrogens with two attached hydrogens (primary N) is 1. The minimum absolute atomic E-state index is 0.356. The molecule has 0 saturated heterocycles. The van der Waals surface area contributed by atoms with Crippen LogP contribution >= 0.6 is 12.2 Å². The van der Waals surface area contributed by atoms with Crippen LogP contribution in [0.2, 0.25) is 0 Å². The molecule has 3 heteroatoms. The van der Waals surface area contributed by atoms with E-state index in [1.54, 1.807) is 0 Å². The maximum absolute atomic E-state index is 6.11. The van der Waals surface area contributed by atoms with Gasteiger partial charge in [-0.2, -0.15) is 0 Å². The van der Waals surface area contributed by atoms with Crippen molar-refractivity contribution >= 4 is 17.2 Å². The lowest BCUT2D eigenvalue weighted by Gasteiger charge is -2.17. The zero-order valence-corrected chi connectivity index (χ0v) is 13.5. The first kappa shape index (κ1) is 15.5. The van der Waals surface area contributed by atoms with Gasteiger partial charge in [-0.1, -0.05) is 55.9 Å². The van der Waals surface area contributed by atoms with Crippen LogP contribution < -0.4 is 10.5 Å². The van der Waals surface area contributed by atoms with E-state index >= 15 is 0 Å². The highest BCUT2D eigenvalue weighted by molar-refractivity contribution is 7.80. The number of hydrogen-bond donors (Lipinski definition) is 1. The van der Waals surface area contributed by atoms with Gasteiger partial charge in [0.1, 0.15) is 16.5 Å². The second-order valence-electron chi connectivity index (χ2n) is 5.31. The topological polar surface area (TPSA) is 35.2 Å². The third-order valence-corrected chi connectivity index (χ3v) is 3.90. The molecular formula is C18H21NOS. The third-order valence-electron chi connectivity index (χ3n) is 3.68. The van der Waals surface area contributed by atoms with Crippen LogP contribution in [0.5, 0.6) is 11.5 Å². The first-order valence-corrected chi connectivity index (χ1v) is 7.61. The zero-order valence-electron chi connectivity index (χ0n) is 12.7. The van der Waals surface area contributed by atoms with Crippen molar-refractivity contribution in [2.45, 2.75) is 33.1 Å². The van der Waals surface area contributed by atoms with Gasteiger partial charge in [0.25, 0.3) is 0 Å². The molecule has 0 saturated carbocycles. The van der Waals surface area contributed by atoms with Gasteiger partial charge < -0.3 is 10.5 Å². The molecule has 0 aromatic heterocycles. The molecule has 0 fully saturated rings. The van der Waals surface area contributed by atoms with Crippen molar-refractivity contribution < 1.29 is 4.74 Å². The molecule has 0 radical (unpaired) electrons. The summed E-state index contributed by atoms with van der Waals surface area (Å²) in [6.07, 6.45) is 1.07. The van der Waals surface area contributed by atoms with Gasteiger partial charge in [0.05, 0.1) is 5.56 Å². The van der Waals surface area contributed by atoms with Gasteiger partial charge in [-0.05, 0) is 43.0 Å². The Hall–Kier alpha value is -1.87. The van der Waals surface area contributed by atoms with Crippen molar-refractivity contribution in [2.24, 2.45) is 5.73 Å². The van der Waals surface area contributed by atoms with E-state index in [2.05, 4.69) is 19.9 Å². The lowest BCUT2D eigenvalue weighted by Crippen LogP contribution is -2.11. The van der Waals surface area contributed by atoms with Crippen LogP contribution in [0, 0.1) is 6.92 Å². The Morgan fingerprint density at radius 1 is 1.19 bits per heavy atom. The normalized spacial score (nSPS) is 12.0. The molecule has 0 aliphatic carbocycles. The Balaban J connectivity index is 2.41. The van der Waals surface area contributed by atoms with Crippen molar-refractivity contribution in [3.05, 3.63) is 59.2 Å². The first-order chi connectivity index (χ1) is 10.0. The molecule has 110 valence electrons. The fraction of sp³-hybridized carbons (Fsp3) is 0.278. The van der Waals surface area contributed by atoms with Crippen LogP contribution in [0.3, 0.4) is 0 Å². The molecule has 1 atom stereocenters. The highest BCUT2D eigenvalue weighted by Crippen LogP contribution is 2.33. The van der Waals surface area contributed by atoms with Crippen LogP contribution in [-0.2, 0) is 0 Å². The molecule has 2 N–H and O–H groups in total. The zero-order chi connectivity index (χ0) is 15.4. The Kier molecular flexibility index (Phi) is 4.97. The van der Waals surface area contributed by atoms with Crippen LogP contribution in [0.25, 0.3) is 0 Å². The molecule has 0 aliphatic heterocycles. The SMILES string of the molecule is CCC(C)c1ccccc1Oc1ccc(C)cc1C(N)=S. The number of hydrogen-bond acceptors (Lipinski definition) is 2. The second kappa shape index (κ2) is 6.72. The molecule has 0 heterocycles. The van der Waals surface area contributed by atoms with E-state index in [9.17, 15) is 0 Å². The number of aryl methyl sites for hydroxylation is 1. The van der Waals surface area contributed by atoms with E-state index < -0.39 is 0 Å². The molecule has 1 unspecified atom stereocenters. The summed E-state index contributed by atoms with van der Waals surface area (Å²) in [4.78, 5) is 0.356. The summed E-state index contributed by atoms with van der Waals surface area (Å²) in [6.45, 7) is 6.39. The highest BCUT2D eigenvalue weighted by atomic mass is 32.1. The van der Waals surface area contributed by atoms with Crippen LogP contribution in [0.4, 0.5) is 0 Å². The summed E-state index contributed by atoms with van der Waals surface area (Å²) in [5.74, 6) is 2.02. The maximum Gasteiger partial charge on any atom is 0.137 e. The van der Waals surface area contributed by atoms with E-state index in [0.29, 0.717) is 16.7 Å². The van der Waals surface area contributed by atoms with E-state index in [-0.39, 0.29) is 0 Å². The molecule has 0 aliphatic rings. The van der Waals surface area contributed by atoms with Crippen LogP contribution in [0.1, 0.15) is 42.9 Å². The Bertz CT molecular complexity index is 651. The molecule has 2 rings (SSSR count). The van der Waals surface area contributed by atoms with Crippen LogP contribution in [-0.4, -0.2) is 4.99 Å². The Labute approximate surface area is 131 Å². The Morgan fingerprint density at radius 3 is 2.57 bits per heavy atom. The molecule has 0 spiro atoms. The minimum atomic E-state index is 0.356. The number of para-hydroxylation sites is 1. The van der Waals surface area contributed by atoms with E-state index in [1.807, 2.05) is 43.3 Å². The molecule has 2 aromatic carbocycles. The van der Waals surface area contributed by atoms with E-state index in [1.165, 1.54) is 5.56 Å². The van der Waals surface area contributed by atoms with Gasteiger partial charge in [0.15, 0.2) is 0 Å². The van der Waals surface area contributed by atoms with E-state index in [4.69, 9.17) is 22.7 Å². The number of rotatable bonds is 5. The largest absolute Gasteiger partial charge is 0.456 e. The average molecular weight is 299 g/mol. The van der Waals surface area contributed by atoms with Crippen molar-refractivity contribution in [1.29, 1.82) is 0 Å². The third kappa shape index (κ3) is 3.61. The second-order valence-corrected chi connectivity index (χ2v) is 5.75. The average Bonchev–Trinajstić information content (AvgIpc) is 2.48. The van der Waals surface area contributed by atoms with Gasteiger partial charge in [0.2, 0.25) is 0 Å². The summed E-state index contributed by atoms with van der Waals surface area (Å²) >= 11 is 5.13. The molecule has 2 aromatic rings. The summed E-state index contributed by atoms with van der Waals surface area (Å²) in [5, 5.41) is 0. The molecule has 21 heavy (non-hydrogen) atoms. The standard InChI is InChI=1S/C18H21NOS/c1-4-13(3)14-7-5-6-8-16(14)20-17-10-9-12(2)11-15(17)18(19)21/h5-11,13H,4H2,1-3H3,(H2,19,21). The van der Waals surface area contributed by atoms with Gasteiger partial charge in [0, 0.05) is 0 Å². The van der Waals surface area contributed by atoms with E-state index in [0.717, 1.165) is 23.3 Å². The monoisotopic (exact) mass is 299 g/mol. The van der Waals surface area contributed by atoms with Crippen molar-refractivity contribution in [3.8, 4) is 11.5 Å². The van der Waals surface area contributed by atoms with Gasteiger partial charge in [-0.15, -0.1) is 0 Å². The molecular weight excluding hydrogens is 278 g/mol.